The lowest BCUT2D eigenvalue weighted by Gasteiger charge is -2.19. The van der Waals surface area contributed by atoms with Crippen LogP contribution in [0.5, 0.6) is 0 Å². The molecule has 0 aliphatic carbocycles. The Labute approximate surface area is 111 Å². The SMILES string of the molecule is Cc1[nH]ncc1S(=O)(=O)N(C)c1ccccc1C#N. The summed E-state index contributed by atoms with van der Waals surface area (Å²) in [6, 6.07) is 8.51. The second kappa shape index (κ2) is 4.74. The number of nitrogens with one attached hydrogen (secondary N) is 1. The molecule has 1 N–H and O–H groups in total. The number of H-pyrrole nitrogens is 1. The summed E-state index contributed by atoms with van der Waals surface area (Å²) >= 11 is 0. The molecule has 1 aromatic heterocycles. The predicted molar refractivity (Wildman–Crippen MR) is 70.1 cm³/mol. The van der Waals surface area contributed by atoms with Gasteiger partial charge in [-0.1, -0.05) is 12.1 Å². The number of sulfonamides is 1. The quantitative estimate of drug-likeness (QED) is 0.917. The van der Waals surface area contributed by atoms with Crippen molar-refractivity contribution in [1.29, 1.82) is 5.26 Å². The number of hydrogen-bond donors (Lipinski definition) is 1. The number of rotatable bonds is 3. The number of aromatic nitrogens is 2. The molecule has 6 nitrogen and oxygen atoms in total. The molecule has 0 aliphatic rings. The van der Waals surface area contributed by atoms with Crippen molar-refractivity contribution in [1.82, 2.24) is 10.2 Å². The fourth-order valence-electron chi connectivity index (χ4n) is 1.72. The first kappa shape index (κ1) is 13.1. The zero-order valence-corrected chi connectivity index (χ0v) is 11.3. The smallest absolute Gasteiger partial charge is 0.267 e. The average Bonchev–Trinajstić information content (AvgIpc) is 2.84. The van der Waals surface area contributed by atoms with Crippen LogP contribution in [0.25, 0.3) is 0 Å². The summed E-state index contributed by atoms with van der Waals surface area (Å²) in [5.74, 6) is 0. The van der Waals surface area contributed by atoms with E-state index in [1.165, 1.54) is 13.2 Å². The van der Waals surface area contributed by atoms with Crippen LogP contribution in [0.4, 0.5) is 5.69 Å². The summed E-state index contributed by atoms with van der Waals surface area (Å²) in [6.45, 7) is 1.63. The van der Waals surface area contributed by atoms with Crippen LogP contribution in [-0.4, -0.2) is 25.7 Å². The molecule has 0 unspecified atom stereocenters. The predicted octanol–water partition coefficient (Wildman–Crippen LogP) is 1.41. The minimum absolute atomic E-state index is 0.0998. The molecule has 2 rings (SSSR count). The molecule has 1 aromatic carbocycles. The Hall–Kier alpha value is -2.33. The summed E-state index contributed by atoms with van der Waals surface area (Å²) in [5.41, 5.74) is 1.10. The van der Waals surface area contributed by atoms with E-state index in [-0.39, 0.29) is 4.90 Å². The van der Waals surface area contributed by atoms with Crippen molar-refractivity contribution >= 4 is 15.7 Å². The Morgan fingerprint density at radius 3 is 2.63 bits per heavy atom. The first-order valence-electron chi connectivity index (χ1n) is 5.46. The van der Waals surface area contributed by atoms with Gasteiger partial charge in [0, 0.05) is 7.05 Å². The van der Waals surface area contributed by atoms with Gasteiger partial charge in [0.25, 0.3) is 10.0 Å². The lowest BCUT2D eigenvalue weighted by molar-refractivity contribution is 0.594. The first-order valence-corrected chi connectivity index (χ1v) is 6.90. The Morgan fingerprint density at radius 1 is 1.37 bits per heavy atom. The third-order valence-corrected chi connectivity index (χ3v) is 4.67. The van der Waals surface area contributed by atoms with Crippen molar-refractivity contribution in [2.45, 2.75) is 11.8 Å². The molecule has 0 saturated carbocycles. The Morgan fingerprint density at radius 2 is 2.05 bits per heavy atom. The molecule has 98 valence electrons. The largest absolute Gasteiger partial charge is 0.281 e. The van der Waals surface area contributed by atoms with E-state index in [1.54, 1.807) is 31.2 Å². The molecule has 7 heteroatoms. The Balaban J connectivity index is 2.54. The molecule has 1 heterocycles. The maximum atomic E-state index is 12.4. The highest BCUT2D eigenvalue weighted by molar-refractivity contribution is 7.92. The van der Waals surface area contributed by atoms with Crippen LogP contribution in [0, 0.1) is 18.3 Å². The van der Waals surface area contributed by atoms with Gasteiger partial charge in [-0.25, -0.2) is 8.42 Å². The van der Waals surface area contributed by atoms with Gasteiger partial charge in [0.05, 0.1) is 23.1 Å². The number of nitriles is 1. The van der Waals surface area contributed by atoms with Gasteiger partial charge in [0.2, 0.25) is 0 Å². The molecule has 0 bridgehead atoms. The molecule has 2 aromatic rings. The van der Waals surface area contributed by atoms with Crippen molar-refractivity contribution in [3.63, 3.8) is 0 Å². The standard InChI is InChI=1S/C12H12N4O2S/c1-9-12(8-14-15-9)19(17,18)16(2)11-6-4-3-5-10(11)7-13/h3-6,8H,1-2H3,(H,14,15). The molecule has 0 atom stereocenters. The maximum absolute atomic E-state index is 12.4. The van der Waals surface area contributed by atoms with Gasteiger partial charge >= 0.3 is 0 Å². The molecular weight excluding hydrogens is 264 g/mol. The summed E-state index contributed by atoms with van der Waals surface area (Å²) in [5, 5.41) is 15.3. The van der Waals surface area contributed by atoms with E-state index in [1.807, 2.05) is 6.07 Å². The lowest BCUT2D eigenvalue weighted by atomic mass is 10.2. The van der Waals surface area contributed by atoms with Crippen LogP contribution < -0.4 is 4.31 Å². The minimum atomic E-state index is -3.72. The normalized spacial score (nSPS) is 11.0. The van der Waals surface area contributed by atoms with Crippen LogP contribution >= 0.6 is 0 Å². The number of hydrogen-bond acceptors (Lipinski definition) is 4. The molecular formula is C12H12N4O2S. The van der Waals surface area contributed by atoms with Gasteiger partial charge in [-0.05, 0) is 19.1 Å². The zero-order chi connectivity index (χ0) is 14.0. The summed E-state index contributed by atoms with van der Waals surface area (Å²) in [7, 11) is -2.31. The maximum Gasteiger partial charge on any atom is 0.267 e. The van der Waals surface area contributed by atoms with Crippen molar-refractivity contribution in [3.05, 3.63) is 41.7 Å². The molecule has 0 amide bonds. The highest BCUT2D eigenvalue weighted by Gasteiger charge is 2.25. The number of nitrogens with zero attached hydrogens (tertiary/aromatic N) is 3. The fraction of sp³-hybridized carbons (Fsp3) is 0.167. The van der Waals surface area contributed by atoms with Gasteiger partial charge < -0.3 is 0 Å². The zero-order valence-electron chi connectivity index (χ0n) is 10.5. The van der Waals surface area contributed by atoms with E-state index in [0.717, 1.165) is 4.31 Å². The van der Waals surface area contributed by atoms with Crippen LogP contribution in [-0.2, 0) is 10.0 Å². The summed E-state index contributed by atoms with van der Waals surface area (Å²) in [4.78, 5) is 0.0998. The Kier molecular flexibility index (Phi) is 3.27. The van der Waals surface area contributed by atoms with E-state index in [4.69, 9.17) is 5.26 Å². The molecule has 0 radical (unpaired) electrons. The van der Waals surface area contributed by atoms with Crippen LogP contribution in [0.3, 0.4) is 0 Å². The van der Waals surface area contributed by atoms with Crippen molar-refractivity contribution in [2.75, 3.05) is 11.4 Å². The third kappa shape index (κ3) is 2.18. The first-order chi connectivity index (χ1) is 8.98. The highest BCUT2D eigenvalue weighted by Crippen LogP contribution is 2.25. The van der Waals surface area contributed by atoms with Crippen LogP contribution in [0.2, 0.25) is 0 Å². The number of para-hydroxylation sites is 1. The molecule has 19 heavy (non-hydrogen) atoms. The minimum Gasteiger partial charge on any atom is -0.281 e. The van der Waals surface area contributed by atoms with E-state index in [0.29, 0.717) is 16.9 Å². The van der Waals surface area contributed by atoms with Gasteiger partial charge in [-0.15, -0.1) is 0 Å². The van der Waals surface area contributed by atoms with Crippen LogP contribution in [0.1, 0.15) is 11.3 Å². The van der Waals surface area contributed by atoms with Crippen molar-refractivity contribution in [2.24, 2.45) is 0 Å². The van der Waals surface area contributed by atoms with Gasteiger partial charge in [0.1, 0.15) is 11.0 Å². The fourth-order valence-corrected chi connectivity index (χ4v) is 3.05. The molecule has 0 aliphatic heterocycles. The molecule has 0 saturated heterocycles. The second-order valence-electron chi connectivity index (χ2n) is 3.96. The van der Waals surface area contributed by atoms with Gasteiger partial charge in [-0.3, -0.25) is 9.40 Å². The van der Waals surface area contributed by atoms with Gasteiger partial charge in [0.15, 0.2) is 0 Å². The highest BCUT2D eigenvalue weighted by atomic mass is 32.2. The number of anilines is 1. The Bertz CT molecular complexity index is 743. The topological polar surface area (TPSA) is 89.8 Å². The van der Waals surface area contributed by atoms with Gasteiger partial charge in [-0.2, -0.15) is 10.4 Å². The molecule has 0 spiro atoms. The lowest BCUT2D eigenvalue weighted by Crippen LogP contribution is -2.27. The monoisotopic (exact) mass is 276 g/mol. The molecule has 0 fully saturated rings. The van der Waals surface area contributed by atoms with Crippen LogP contribution in [0.15, 0.2) is 35.4 Å². The van der Waals surface area contributed by atoms with E-state index in [2.05, 4.69) is 10.2 Å². The second-order valence-corrected chi connectivity index (χ2v) is 5.90. The van der Waals surface area contributed by atoms with Crippen molar-refractivity contribution < 1.29 is 8.42 Å². The van der Waals surface area contributed by atoms with E-state index >= 15 is 0 Å². The number of benzene rings is 1. The summed E-state index contributed by atoms with van der Waals surface area (Å²) in [6.07, 6.45) is 1.26. The van der Waals surface area contributed by atoms with E-state index < -0.39 is 10.0 Å². The third-order valence-electron chi connectivity index (χ3n) is 2.79. The van der Waals surface area contributed by atoms with Crippen molar-refractivity contribution in [3.8, 4) is 6.07 Å². The van der Waals surface area contributed by atoms with E-state index in [9.17, 15) is 8.42 Å². The average molecular weight is 276 g/mol. The summed E-state index contributed by atoms with van der Waals surface area (Å²) < 4.78 is 26.0. The number of aromatic amines is 1. The number of aryl methyl sites for hydroxylation is 1.